The lowest BCUT2D eigenvalue weighted by Gasteiger charge is -2.39. The summed E-state index contributed by atoms with van der Waals surface area (Å²) in [7, 11) is 0. The molecule has 3 rings (SSSR count). The molecule has 166 valence electrons. The predicted molar refractivity (Wildman–Crippen MR) is 108 cm³/mol. The Bertz CT molecular complexity index is 962. The van der Waals surface area contributed by atoms with Gasteiger partial charge in [0, 0.05) is 43.8 Å². The quantitative estimate of drug-likeness (QED) is 0.475. The zero-order chi connectivity index (χ0) is 22.5. The summed E-state index contributed by atoms with van der Waals surface area (Å²) in [5, 5.41) is 3.76. The second-order valence-corrected chi connectivity index (χ2v) is 7.95. The summed E-state index contributed by atoms with van der Waals surface area (Å²) in [6, 6.07) is 1.75. The Morgan fingerprint density at radius 2 is 1.68 bits per heavy atom. The third-order valence-corrected chi connectivity index (χ3v) is 5.55. The Labute approximate surface area is 182 Å². The van der Waals surface area contributed by atoms with Gasteiger partial charge < -0.3 is 23.5 Å². The topological polar surface area (TPSA) is 127 Å². The summed E-state index contributed by atoms with van der Waals surface area (Å²) in [5.74, 6) is -0.422. The van der Waals surface area contributed by atoms with E-state index in [1.54, 1.807) is 25.4 Å². The van der Waals surface area contributed by atoms with Gasteiger partial charge in [0.1, 0.15) is 11.5 Å². The number of nitrogens with zero attached hydrogens (tertiary/aromatic N) is 2. The first-order valence-corrected chi connectivity index (χ1v) is 10.5. The Morgan fingerprint density at radius 3 is 2.29 bits per heavy atom. The molecule has 1 aliphatic rings. The highest BCUT2D eigenvalue weighted by Crippen LogP contribution is 2.35. The first kappa shape index (κ1) is 22.6. The second-order valence-electron chi connectivity index (χ2n) is 6.82. The number of esters is 3. The minimum atomic E-state index is -1.02. The molecule has 3 heterocycles. The van der Waals surface area contributed by atoms with Crippen molar-refractivity contribution < 1.29 is 37.9 Å². The molecule has 0 amide bonds. The zero-order valence-corrected chi connectivity index (χ0v) is 18.2. The van der Waals surface area contributed by atoms with E-state index in [1.807, 2.05) is 0 Å². The van der Waals surface area contributed by atoms with Crippen molar-refractivity contribution in [1.29, 1.82) is 0 Å². The molecule has 10 nitrogen and oxygen atoms in total. The van der Waals surface area contributed by atoms with E-state index in [9.17, 15) is 14.4 Å². The lowest BCUT2D eigenvalue weighted by molar-refractivity contribution is -0.186. The summed E-state index contributed by atoms with van der Waals surface area (Å²) >= 11 is 1.27. The number of thioether (sulfide) groups is 1. The lowest BCUT2D eigenvalue weighted by atomic mass is 10.1. The Kier molecular flexibility index (Phi) is 7.16. The van der Waals surface area contributed by atoms with E-state index >= 15 is 0 Å². The van der Waals surface area contributed by atoms with Gasteiger partial charge in [-0.25, -0.2) is 0 Å². The molecule has 4 atom stereocenters. The van der Waals surface area contributed by atoms with E-state index in [1.165, 1.54) is 38.7 Å². The molecular weight excluding hydrogens is 428 g/mol. The van der Waals surface area contributed by atoms with Crippen molar-refractivity contribution in [2.45, 2.75) is 51.4 Å². The maximum Gasteiger partial charge on any atom is 0.303 e. The number of aromatic nitrogens is 2. The van der Waals surface area contributed by atoms with E-state index in [-0.39, 0.29) is 5.75 Å². The van der Waals surface area contributed by atoms with Gasteiger partial charge in [-0.3, -0.25) is 19.4 Å². The molecule has 1 unspecified atom stereocenters. The fraction of sp³-hybridized carbons (Fsp3) is 0.450. The number of aryl methyl sites for hydroxylation is 1. The second kappa shape index (κ2) is 9.82. The van der Waals surface area contributed by atoms with Gasteiger partial charge in [-0.05, 0) is 13.0 Å². The fourth-order valence-electron chi connectivity index (χ4n) is 3.15. The SMILES string of the molecule is CC(=O)O[C@H]1[C@H](OC(C)=O)CSC(Oc2cncc(-c3cnoc3C)c2)[C@@H]1OC(C)=O. The summed E-state index contributed by atoms with van der Waals surface area (Å²) in [6.45, 7) is 5.49. The molecule has 11 heteroatoms. The summed E-state index contributed by atoms with van der Waals surface area (Å²) in [4.78, 5) is 39.1. The van der Waals surface area contributed by atoms with E-state index in [4.69, 9.17) is 23.5 Å². The highest BCUT2D eigenvalue weighted by atomic mass is 32.2. The number of pyridine rings is 1. The maximum absolute atomic E-state index is 11.8. The molecule has 1 aliphatic heterocycles. The highest BCUT2D eigenvalue weighted by molar-refractivity contribution is 7.99. The number of ether oxygens (including phenoxy) is 4. The molecular formula is C20H22N2O8S. The van der Waals surface area contributed by atoms with Crippen LogP contribution < -0.4 is 4.74 Å². The van der Waals surface area contributed by atoms with Crippen LogP contribution in [-0.2, 0) is 28.6 Å². The van der Waals surface area contributed by atoms with Crippen molar-refractivity contribution in [3.8, 4) is 16.9 Å². The third kappa shape index (κ3) is 5.75. The largest absolute Gasteiger partial charge is 0.474 e. The number of carbonyl (C=O) groups is 3. The molecule has 0 aliphatic carbocycles. The Hall–Kier alpha value is -3.08. The fourth-order valence-corrected chi connectivity index (χ4v) is 4.37. The van der Waals surface area contributed by atoms with Crippen LogP contribution in [0.1, 0.15) is 26.5 Å². The smallest absolute Gasteiger partial charge is 0.303 e. The monoisotopic (exact) mass is 450 g/mol. The van der Waals surface area contributed by atoms with E-state index < -0.39 is 41.7 Å². The van der Waals surface area contributed by atoms with Crippen molar-refractivity contribution in [3.63, 3.8) is 0 Å². The van der Waals surface area contributed by atoms with Crippen LogP contribution in [0.15, 0.2) is 29.2 Å². The van der Waals surface area contributed by atoms with Gasteiger partial charge in [0.15, 0.2) is 23.7 Å². The van der Waals surface area contributed by atoms with Crippen LogP contribution in [0.4, 0.5) is 0 Å². The summed E-state index contributed by atoms with van der Waals surface area (Å²) < 4.78 is 27.2. The first-order chi connectivity index (χ1) is 14.7. The molecule has 2 aromatic heterocycles. The number of hydrogen-bond donors (Lipinski definition) is 0. The van der Waals surface area contributed by atoms with E-state index in [0.29, 0.717) is 11.5 Å². The Balaban J connectivity index is 1.87. The molecule has 0 saturated carbocycles. The van der Waals surface area contributed by atoms with Gasteiger partial charge in [0.05, 0.1) is 12.4 Å². The van der Waals surface area contributed by atoms with E-state index in [0.717, 1.165) is 11.1 Å². The Morgan fingerprint density at radius 1 is 1.00 bits per heavy atom. The summed E-state index contributed by atoms with van der Waals surface area (Å²) in [6.07, 6.45) is 1.91. The average molecular weight is 450 g/mol. The molecule has 0 N–H and O–H groups in total. The summed E-state index contributed by atoms with van der Waals surface area (Å²) in [5.41, 5.74) is 0.759. The van der Waals surface area contributed by atoms with Crippen LogP contribution in [0.3, 0.4) is 0 Å². The molecule has 0 spiro atoms. The van der Waals surface area contributed by atoms with Gasteiger partial charge in [-0.15, -0.1) is 11.8 Å². The third-order valence-electron chi connectivity index (χ3n) is 4.33. The van der Waals surface area contributed by atoms with Gasteiger partial charge in [0.2, 0.25) is 0 Å². The van der Waals surface area contributed by atoms with Crippen LogP contribution in [0, 0.1) is 6.92 Å². The number of carbonyl (C=O) groups excluding carboxylic acids is 3. The maximum atomic E-state index is 11.8. The number of rotatable bonds is 6. The molecule has 0 radical (unpaired) electrons. The van der Waals surface area contributed by atoms with Crippen LogP contribution >= 0.6 is 11.8 Å². The molecule has 0 aromatic carbocycles. The average Bonchev–Trinajstić information content (AvgIpc) is 3.11. The van der Waals surface area contributed by atoms with Crippen LogP contribution in [0.2, 0.25) is 0 Å². The van der Waals surface area contributed by atoms with Gasteiger partial charge >= 0.3 is 17.9 Å². The number of hydrogen-bond acceptors (Lipinski definition) is 11. The van der Waals surface area contributed by atoms with Gasteiger partial charge in [-0.2, -0.15) is 0 Å². The normalized spacial score (nSPS) is 23.0. The first-order valence-electron chi connectivity index (χ1n) is 9.41. The van der Waals surface area contributed by atoms with Crippen LogP contribution in [0.25, 0.3) is 11.1 Å². The van der Waals surface area contributed by atoms with Crippen molar-refractivity contribution in [1.82, 2.24) is 10.1 Å². The lowest BCUT2D eigenvalue weighted by Crippen LogP contribution is -2.55. The molecule has 0 bridgehead atoms. The zero-order valence-electron chi connectivity index (χ0n) is 17.4. The molecule has 1 saturated heterocycles. The standard InChI is InChI=1S/C20H22N2O8S/c1-10-16(8-22-30-10)14-5-15(7-21-6-14)29-20-19(28-13(4)25)18(27-12(3)24)17(9-31-20)26-11(2)23/h5-8,17-20H,9H2,1-4H3/t17-,18+,19-,20?/m1/s1. The van der Waals surface area contributed by atoms with Crippen LogP contribution in [0.5, 0.6) is 5.75 Å². The van der Waals surface area contributed by atoms with Gasteiger partial charge in [0.25, 0.3) is 0 Å². The van der Waals surface area contributed by atoms with Crippen molar-refractivity contribution >= 4 is 29.7 Å². The van der Waals surface area contributed by atoms with E-state index in [2.05, 4.69) is 10.1 Å². The van der Waals surface area contributed by atoms with Crippen molar-refractivity contribution in [3.05, 3.63) is 30.4 Å². The molecule has 31 heavy (non-hydrogen) atoms. The predicted octanol–water partition coefficient (Wildman–Crippen LogP) is 2.29. The van der Waals surface area contributed by atoms with Crippen molar-refractivity contribution in [2.75, 3.05) is 5.75 Å². The minimum absolute atomic E-state index is 0.276. The molecule has 1 fully saturated rings. The van der Waals surface area contributed by atoms with Gasteiger partial charge in [-0.1, -0.05) is 5.16 Å². The van der Waals surface area contributed by atoms with Crippen LogP contribution in [-0.4, -0.2) is 57.5 Å². The highest BCUT2D eigenvalue weighted by Gasteiger charge is 2.47. The molecule has 2 aromatic rings. The minimum Gasteiger partial charge on any atom is -0.474 e. The van der Waals surface area contributed by atoms with Crippen molar-refractivity contribution in [2.24, 2.45) is 0 Å².